The minimum absolute atomic E-state index is 0.278. The number of nitrogens with zero attached hydrogens (tertiary/aromatic N) is 2. The zero-order valence-corrected chi connectivity index (χ0v) is 19.4. The summed E-state index contributed by atoms with van der Waals surface area (Å²) in [5, 5.41) is 3.31. The number of thiocarbonyl (C=S) groups is 1. The summed E-state index contributed by atoms with van der Waals surface area (Å²) in [5.41, 5.74) is 1.62. The average Bonchev–Trinajstić information content (AvgIpc) is 3.33. The van der Waals surface area contributed by atoms with Gasteiger partial charge in [0.2, 0.25) is 6.79 Å². The highest BCUT2D eigenvalue weighted by Crippen LogP contribution is 2.33. The molecule has 1 fully saturated rings. The van der Waals surface area contributed by atoms with Crippen molar-refractivity contribution in [1.29, 1.82) is 0 Å². The maximum atomic E-state index is 13.0. The van der Waals surface area contributed by atoms with Crippen molar-refractivity contribution >= 4 is 23.2 Å². The Morgan fingerprint density at radius 1 is 0.912 bits per heavy atom. The van der Waals surface area contributed by atoms with Gasteiger partial charge in [-0.05, 0) is 54.2 Å². The molecule has 0 bridgehead atoms. The van der Waals surface area contributed by atoms with Gasteiger partial charge < -0.3 is 19.1 Å². The highest BCUT2D eigenvalue weighted by atomic mass is 32.1. The summed E-state index contributed by atoms with van der Waals surface area (Å²) in [7, 11) is 0. The molecule has 1 saturated heterocycles. The second-order valence-electron chi connectivity index (χ2n) is 8.12. The largest absolute Gasteiger partial charge is 0.457 e. The molecule has 2 aliphatic rings. The van der Waals surface area contributed by atoms with Gasteiger partial charge in [0.1, 0.15) is 11.5 Å². The van der Waals surface area contributed by atoms with E-state index in [0.29, 0.717) is 22.2 Å². The molecule has 5 rings (SSSR count). The second kappa shape index (κ2) is 10.1. The predicted octanol–water partition coefficient (Wildman–Crippen LogP) is 4.04. The standard InChI is InChI=1S/C26H25N3O4S/c30-25(21-8-4-5-9-22(21)33-20-6-2-1-3-7-20)27-26(34)29-14-12-28(13-15-29)17-19-10-11-23-24(16-19)32-18-31-23/h1-11,16H,12-15,17-18H2,(H,27,30,34). The minimum atomic E-state index is -0.278. The fraction of sp³-hybridized carbons (Fsp3) is 0.231. The Balaban J connectivity index is 1.15. The molecule has 0 aromatic heterocycles. The molecular weight excluding hydrogens is 450 g/mol. The number of para-hydroxylation sites is 2. The zero-order valence-electron chi connectivity index (χ0n) is 18.6. The number of nitrogens with one attached hydrogen (secondary N) is 1. The van der Waals surface area contributed by atoms with E-state index in [1.54, 1.807) is 12.1 Å². The summed E-state index contributed by atoms with van der Waals surface area (Å²) in [6.07, 6.45) is 0. The van der Waals surface area contributed by atoms with Crippen molar-refractivity contribution < 1.29 is 19.0 Å². The number of benzene rings is 3. The van der Waals surface area contributed by atoms with E-state index in [-0.39, 0.29) is 12.7 Å². The number of rotatable bonds is 5. The predicted molar refractivity (Wildman–Crippen MR) is 132 cm³/mol. The lowest BCUT2D eigenvalue weighted by molar-refractivity contribution is 0.0967. The monoisotopic (exact) mass is 475 g/mol. The topological polar surface area (TPSA) is 63.3 Å². The molecule has 3 aromatic rings. The van der Waals surface area contributed by atoms with E-state index >= 15 is 0 Å². The maximum absolute atomic E-state index is 13.0. The first-order chi connectivity index (χ1) is 16.7. The molecule has 0 aliphatic carbocycles. The Morgan fingerprint density at radius 2 is 1.65 bits per heavy atom. The van der Waals surface area contributed by atoms with Crippen LogP contribution in [0, 0.1) is 0 Å². The Morgan fingerprint density at radius 3 is 2.47 bits per heavy atom. The van der Waals surface area contributed by atoms with E-state index in [9.17, 15) is 4.79 Å². The number of fused-ring (bicyclic) bond motifs is 1. The Bertz CT molecular complexity index is 1180. The van der Waals surface area contributed by atoms with Crippen LogP contribution in [0.3, 0.4) is 0 Å². The van der Waals surface area contributed by atoms with E-state index in [1.807, 2.05) is 59.5 Å². The summed E-state index contributed by atoms with van der Waals surface area (Å²) in [6, 6.07) is 22.6. The van der Waals surface area contributed by atoms with Crippen LogP contribution in [0.25, 0.3) is 0 Å². The molecule has 8 heteroatoms. The van der Waals surface area contributed by atoms with Gasteiger partial charge in [-0.1, -0.05) is 36.4 Å². The number of hydrogen-bond acceptors (Lipinski definition) is 6. The second-order valence-corrected chi connectivity index (χ2v) is 8.51. The van der Waals surface area contributed by atoms with E-state index in [4.69, 9.17) is 26.4 Å². The molecule has 1 amide bonds. The van der Waals surface area contributed by atoms with Gasteiger partial charge in [0.05, 0.1) is 5.56 Å². The fourth-order valence-corrected chi connectivity index (χ4v) is 4.28. The summed E-state index contributed by atoms with van der Waals surface area (Å²) in [6.45, 7) is 4.28. The van der Waals surface area contributed by atoms with Crippen molar-refractivity contribution in [3.63, 3.8) is 0 Å². The Labute approximate surface area is 203 Å². The van der Waals surface area contributed by atoms with Gasteiger partial charge in [0, 0.05) is 32.7 Å². The lowest BCUT2D eigenvalue weighted by Crippen LogP contribution is -2.52. The number of carbonyl (C=O) groups excluding carboxylic acids is 1. The summed E-state index contributed by atoms with van der Waals surface area (Å²) in [4.78, 5) is 17.4. The first-order valence-corrected chi connectivity index (χ1v) is 11.6. The van der Waals surface area contributed by atoms with Crippen LogP contribution in [-0.4, -0.2) is 53.8 Å². The highest BCUT2D eigenvalue weighted by Gasteiger charge is 2.22. The third-order valence-electron chi connectivity index (χ3n) is 5.83. The molecule has 0 radical (unpaired) electrons. The van der Waals surface area contributed by atoms with Crippen LogP contribution >= 0.6 is 12.2 Å². The molecule has 34 heavy (non-hydrogen) atoms. The van der Waals surface area contributed by atoms with Gasteiger partial charge in [-0.3, -0.25) is 15.0 Å². The van der Waals surface area contributed by atoms with Gasteiger partial charge in [-0.25, -0.2) is 0 Å². The molecule has 174 valence electrons. The average molecular weight is 476 g/mol. The van der Waals surface area contributed by atoms with Crippen LogP contribution in [0.5, 0.6) is 23.0 Å². The first kappa shape index (κ1) is 22.2. The molecule has 0 saturated carbocycles. The molecule has 3 aromatic carbocycles. The first-order valence-electron chi connectivity index (χ1n) is 11.2. The van der Waals surface area contributed by atoms with Crippen molar-refractivity contribution in [2.75, 3.05) is 33.0 Å². The van der Waals surface area contributed by atoms with Crippen molar-refractivity contribution in [3.05, 3.63) is 83.9 Å². The van der Waals surface area contributed by atoms with Gasteiger partial charge in [0.15, 0.2) is 16.6 Å². The molecule has 0 spiro atoms. The Hall–Kier alpha value is -3.62. The number of ether oxygens (including phenoxy) is 3. The molecular formula is C26H25N3O4S. The number of amides is 1. The maximum Gasteiger partial charge on any atom is 0.261 e. The van der Waals surface area contributed by atoms with Crippen LogP contribution in [0.1, 0.15) is 15.9 Å². The van der Waals surface area contributed by atoms with Crippen LogP contribution in [0.2, 0.25) is 0 Å². The SMILES string of the molecule is O=C(NC(=S)N1CCN(Cc2ccc3c(c2)OCO3)CC1)c1ccccc1Oc1ccccc1. The van der Waals surface area contributed by atoms with Crippen LogP contribution in [0.4, 0.5) is 0 Å². The van der Waals surface area contributed by atoms with Crippen molar-refractivity contribution in [1.82, 2.24) is 15.1 Å². The third-order valence-corrected chi connectivity index (χ3v) is 6.19. The lowest BCUT2D eigenvalue weighted by Gasteiger charge is -2.36. The van der Waals surface area contributed by atoms with Gasteiger partial charge in [0.25, 0.3) is 5.91 Å². The molecule has 0 atom stereocenters. The normalized spacial score (nSPS) is 15.1. The van der Waals surface area contributed by atoms with E-state index in [2.05, 4.69) is 16.3 Å². The van der Waals surface area contributed by atoms with Gasteiger partial charge >= 0.3 is 0 Å². The fourth-order valence-electron chi connectivity index (χ4n) is 4.01. The third kappa shape index (κ3) is 5.13. The zero-order chi connectivity index (χ0) is 23.3. The van der Waals surface area contributed by atoms with E-state index < -0.39 is 0 Å². The van der Waals surface area contributed by atoms with E-state index in [1.165, 1.54) is 5.56 Å². The number of hydrogen-bond donors (Lipinski definition) is 1. The molecule has 1 N–H and O–H groups in total. The minimum Gasteiger partial charge on any atom is -0.457 e. The van der Waals surface area contributed by atoms with Gasteiger partial charge in [-0.2, -0.15) is 0 Å². The highest BCUT2D eigenvalue weighted by molar-refractivity contribution is 7.80. The van der Waals surface area contributed by atoms with Crippen molar-refractivity contribution in [2.24, 2.45) is 0 Å². The quantitative estimate of drug-likeness (QED) is 0.559. The smallest absolute Gasteiger partial charge is 0.261 e. The Kier molecular flexibility index (Phi) is 6.60. The lowest BCUT2D eigenvalue weighted by atomic mass is 10.1. The van der Waals surface area contributed by atoms with E-state index in [0.717, 1.165) is 44.2 Å². The van der Waals surface area contributed by atoms with Gasteiger partial charge in [-0.15, -0.1) is 0 Å². The number of carbonyl (C=O) groups is 1. The molecule has 0 unspecified atom stereocenters. The molecule has 7 nitrogen and oxygen atoms in total. The van der Waals surface area contributed by atoms with Crippen LogP contribution in [0.15, 0.2) is 72.8 Å². The van der Waals surface area contributed by atoms with Crippen LogP contribution in [-0.2, 0) is 6.54 Å². The van der Waals surface area contributed by atoms with Crippen molar-refractivity contribution in [2.45, 2.75) is 6.54 Å². The van der Waals surface area contributed by atoms with Crippen molar-refractivity contribution in [3.8, 4) is 23.0 Å². The molecule has 2 heterocycles. The summed E-state index contributed by atoms with van der Waals surface area (Å²) < 4.78 is 16.8. The number of piperazine rings is 1. The molecule has 2 aliphatic heterocycles. The summed E-state index contributed by atoms with van der Waals surface area (Å²) in [5.74, 6) is 2.48. The van der Waals surface area contributed by atoms with Crippen LogP contribution < -0.4 is 19.5 Å². The summed E-state index contributed by atoms with van der Waals surface area (Å²) >= 11 is 5.55.